The molecule has 3 aromatic rings. The average Bonchev–Trinajstić information content (AvgIpc) is 3.09. The van der Waals surface area contributed by atoms with E-state index in [0.29, 0.717) is 5.02 Å². The number of nitrogens with zero attached hydrogens (tertiary/aromatic N) is 3. The lowest BCUT2D eigenvalue weighted by Crippen LogP contribution is -2.04. The van der Waals surface area contributed by atoms with Crippen LogP contribution in [0.1, 0.15) is 4.88 Å². The van der Waals surface area contributed by atoms with Gasteiger partial charge in [0.25, 0.3) is 0 Å². The van der Waals surface area contributed by atoms with Gasteiger partial charge in [-0.15, -0.1) is 11.3 Å². The fraction of sp³-hybridized carbons (Fsp3) is 0.0769. The molecule has 0 atom stereocenters. The van der Waals surface area contributed by atoms with Crippen molar-refractivity contribution < 1.29 is 0 Å². The van der Waals surface area contributed by atoms with Crippen LogP contribution in [0.15, 0.2) is 48.4 Å². The SMILES string of the molecule is Clc1cccc(NCc2cncs2)c1-n1cccn1. The van der Waals surface area contributed by atoms with Crippen molar-refractivity contribution in [2.45, 2.75) is 6.54 Å². The topological polar surface area (TPSA) is 42.7 Å². The molecule has 0 aliphatic carbocycles. The molecular formula is C13H11ClN4S. The molecule has 19 heavy (non-hydrogen) atoms. The number of thiazole rings is 1. The largest absolute Gasteiger partial charge is 0.378 e. The molecule has 3 rings (SSSR count). The maximum absolute atomic E-state index is 6.27. The highest BCUT2D eigenvalue weighted by atomic mass is 35.5. The number of anilines is 1. The van der Waals surface area contributed by atoms with Crippen LogP contribution in [0.5, 0.6) is 0 Å². The molecule has 4 nitrogen and oxygen atoms in total. The maximum Gasteiger partial charge on any atom is 0.106 e. The number of halogens is 1. The number of hydrogen-bond acceptors (Lipinski definition) is 4. The Morgan fingerprint density at radius 2 is 2.26 bits per heavy atom. The molecule has 1 aromatic carbocycles. The Bertz CT molecular complexity index is 649. The third-order valence-electron chi connectivity index (χ3n) is 2.66. The Hall–Kier alpha value is -1.85. The van der Waals surface area contributed by atoms with Crippen molar-refractivity contribution in [2.75, 3.05) is 5.32 Å². The molecule has 0 fully saturated rings. The van der Waals surface area contributed by atoms with E-state index in [1.807, 2.05) is 42.2 Å². The summed E-state index contributed by atoms with van der Waals surface area (Å²) < 4.78 is 1.76. The standard InChI is InChI=1S/C13H11ClN4S/c14-11-3-1-4-12(13(11)18-6-2-5-17-18)16-8-10-7-15-9-19-10/h1-7,9,16H,8H2. The lowest BCUT2D eigenvalue weighted by molar-refractivity contribution is 0.880. The van der Waals surface area contributed by atoms with E-state index in [1.54, 1.807) is 22.2 Å². The molecule has 2 heterocycles. The molecule has 0 aliphatic rings. The molecule has 0 saturated carbocycles. The van der Waals surface area contributed by atoms with E-state index in [-0.39, 0.29) is 0 Å². The summed E-state index contributed by atoms with van der Waals surface area (Å²) in [5, 5.41) is 8.27. The second-order valence-electron chi connectivity index (χ2n) is 3.91. The monoisotopic (exact) mass is 290 g/mol. The predicted molar refractivity (Wildman–Crippen MR) is 78.0 cm³/mol. The van der Waals surface area contributed by atoms with Crippen molar-refractivity contribution in [3.8, 4) is 5.69 Å². The van der Waals surface area contributed by atoms with E-state index in [9.17, 15) is 0 Å². The Kier molecular flexibility index (Phi) is 3.48. The van der Waals surface area contributed by atoms with Crippen molar-refractivity contribution in [3.05, 3.63) is 58.3 Å². The van der Waals surface area contributed by atoms with Gasteiger partial charge in [0.1, 0.15) is 5.69 Å². The van der Waals surface area contributed by atoms with Crippen LogP contribution in [-0.4, -0.2) is 14.8 Å². The third kappa shape index (κ3) is 2.62. The van der Waals surface area contributed by atoms with Gasteiger partial charge in [0.05, 0.1) is 22.8 Å². The van der Waals surface area contributed by atoms with Crippen molar-refractivity contribution in [1.82, 2.24) is 14.8 Å². The van der Waals surface area contributed by atoms with Crippen LogP contribution in [0, 0.1) is 0 Å². The van der Waals surface area contributed by atoms with Gasteiger partial charge in [0.15, 0.2) is 0 Å². The van der Waals surface area contributed by atoms with Gasteiger partial charge in [-0.25, -0.2) is 4.68 Å². The summed E-state index contributed by atoms with van der Waals surface area (Å²) in [4.78, 5) is 5.23. The molecule has 0 aliphatic heterocycles. The first-order valence-electron chi connectivity index (χ1n) is 5.74. The lowest BCUT2D eigenvalue weighted by atomic mass is 10.2. The molecule has 0 amide bonds. The highest BCUT2D eigenvalue weighted by Gasteiger charge is 2.09. The van der Waals surface area contributed by atoms with Gasteiger partial charge < -0.3 is 5.32 Å². The van der Waals surface area contributed by atoms with E-state index < -0.39 is 0 Å². The molecule has 2 aromatic heterocycles. The smallest absolute Gasteiger partial charge is 0.106 e. The van der Waals surface area contributed by atoms with Crippen molar-refractivity contribution in [1.29, 1.82) is 0 Å². The zero-order chi connectivity index (χ0) is 13.1. The highest BCUT2D eigenvalue weighted by Crippen LogP contribution is 2.28. The summed E-state index contributed by atoms with van der Waals surface area (Å²) in [6, 6.07) is 7.64. The Morgan fingerprint density at radius 3 is 3.00 bits per heavy atom. The zero-order valence-corrected chi connectivity index (χ0v) is 11.5. The normalized spacial score (nSPS) is 10.6. The van der Waals surface area contributed by atoms with E-state index in [2.05, 4.69) is 15.4 Å². The fourth-order valence-corrected chi connectivity index (χ4v) is 2.60. The van der Waals surface area contributed by atoms with E-state index in [1.165, 1.54) is 4.88 Å². The molecule has 96 valence electrons. The number of aromatic nitrogens is 3. The second kappa shape index (κ2) is 5.42. The summed E-state index contributed by atoms with van der Waals surface area (Å²) in [6.07, 6.45) is 5.46. The molecule has 0 radical (unpaired) electrons. The van der Waals surface area contributed by atoms with Crippen LogP contribution in [0.25, 0.3) is 5.69 Å². The fourth-order valence-electron chi connectivity index (χ4n) is 1.80. The first-order valence-corrected chi connectivity index (χ1v) is 7.00. The Morgan fingerprint density at radius 1 is 1.32 bits per heavy atom. The van der Waals surface area contributed by atoms with E-state index in [0.717, 1.165) is 17.9 Å². The van der Waals surface area contributed by atoms with E-state index in [4.69, 9.17) is 11.6 Å². The van der Waals surface area contributed by atoms with E-state index >= 15 is 0 Å². The van der Waals surface area contributed by atoms with Crippen LogP contribution < -0.4 is 5.32 Å². The van der Waals surface area contributed by atoms with Gasteiger partial charge in [0, 0.05) is 23.5 Å². The summed E-state index contributed by atoms with van der Waals surface area (Å²) in [5.41, 5.74) is 3.63. The number of hydrogen-bond donors (Lipinski definition) is 1. The summed E-state index contributed by atoms with van der Waals surface area (Å²) >= 11 is 7.89. The van der Waals surface area contributed by atoms with Crippen LogP contribution in [0.4, 0.5) is 5.69 Å². The Labute approximate surface area is 119 Å². The van der Waals surface area contributed by atoms with Gasteiger partial charge in [-0.3, -0.25) is 4.98 Å². The predicted octanol–water partition coefficient (Wildman–Crippen LogP) is 3.59. The quantitative estimate of drug-likeness (QED) is 0.798. The molecule has 0 saturated heterocycles. The van der Waals surface area contributed by atoms with Crippen LogP contribution in [-0.2, 0) is 6.54 Å². The van der Waals surface area contributed by atoms with Crippen LogP contribution in [0.2, 0.25) is 5.02 Å². The first kappa shape index (κ1) is 12.2. The van der Waals surface area contributed by atoms with Gasteiger partial charge in [-0.05, 0) is 18.2 Å². The minimum Gasteiger partial charge on any atom is -0.378 e. The molecule has 0 unspecified atom stereocenters. The van der Waals surface area contributed by atoms with Gasteiger partial charge in [-0.1, -0.05) is 17.7 Å². The van der Waals surface area contributed by atoms with Crippen LogP contribution >= 0.6 is 22.9 Å². The molecule has 0 spiro atoms. The molecule has 1 N–H and O–H groups in total. The summed E-state index contributed by atoms with van der Waals surface area (Å²) in [6.45, 7) is 0.722. The summed E-state index contributed by atoms with van der Waals surface area (Å²) in [7, 11) is 0. The number of benzene rings is 1. The van der Waals surface area contributed by atoms with Crippen molar-refractivity contribution in [3.63, 3.8) is 0 Å². The van der Waals surface area contributed by atoms with Gasteiger partial charge in [-0.2, -0.15) is 5.10 Å². The maximum atomic E-state index is 6.27. The number of nitrogens with one attached hydrogen (secondary N) is 1. The van der Waals surface area contributed by atoms with Crippen molar-refractivity contribution in [2.24, 2.45) is 0 Å². The van der Waals surface area contributed by atoms with Gasteiger partial charge >= 0.3 is 0 Å². The highest BCUT2D eigenvalue weighted by molar-refractivity contribution is 7.09. The average molecular weight is 291 g/mol. The zero-order valence-electron chi connectivity index (χ0n) is 9.95. The molecule has 6 heteroatoms. The number of para-hydroxylation sites is 1. The van der Waals surface area contributed by atoms with Gasteiger partial charge in [0.2, 0.25) is 0 Å². The summed E-state index contributed by atoms with van der Waals surface area (Å²) in [5.74, 6) is 0. The first-order chi connectivity index (χ1) is 9.34. The minimum absolute atomic E-state index is 0.665. The molecular weight excluding hydrogens is 280 g/mol. The lowest BCUT2D eigenvalue weighted by Gasteiger charge is -2.12. The number of rotatable bonds is 4. The second-order valence-corrected chi connectivity index (χ2v) is 5.29. The third-order valence-corrected chi connectivity index (χ3v) is 3.74. The minimum atomic E-state index is 0.665. The molecule has 0 bridgehead atoms. The Balaban J connectivity index is 1.91. The van der Waals surface area contributed by atoms with Crippen LogP contribution in [0.3, 0.4) is 0 Å². The van der Waals surface area contributed by atoms with Crippen molar-refractivity contribution >= 4 is 28.6 Å².